The van der Waals surface area contributed by atoms with Crippen molar-refractivity contribution >= 4 is 17.0 Å². The van der Waals surface area contributed by atoms with E-state index in [2.05, 4.69) is 6.07 Å². The zero-order valence-corrected chi connectivity index (χ0v) is 13.0. The highest BCUT2D eigenvalue weighted by molar-refractivity contribution is 5.99. The van der Waals surface area contributed by atoms with Crippen LogP contribution < -0.4 is 0 Å². The molecule has 1 aromatic heterocycles. The molecule has 0 N–H and O–H groups in total. The lowest BCUT2D eigenvalue weighted by Gasteiger charge is -2.15. The van der Waals surface area contributed by atoms with Gasteiger partial charge in [0.1, 0.15) is 5.82 Å². The van der Waals surface area contributed by atoms with Crippen molar-refractivity contribution in [2.75, 3.05) is 0 Å². The molecule has 3 heteroatoms. The molecule has 0 amide bonds. The Morgan fingerprint density at radius 1 is 1.08 bits per heavy atom. The first-order valence-electron chi connectivity index (χ1n) is 8.02. The van der Waals surface area contributed by atoms with Crippen LogP contribution in [0.1, 0.15) is 30.0 Å². The minimum atomic E-state index is -0.256. The molecule has 1 aliphatic rings. The second-order valence-corrected chi connectivity index (χ2v) is 6.05. The zero-order chi connectivity index (χ0) is 16.5. The van der Waals surface area contributed by atoms with Crippen molar-refractivity contribution in [2.24, 2.45) is 0 Å². The molecule has 1 fully saturated rings. The van der Waals surface area contributed by atoms with Gasteiger partial charge < -0.3 is 0 Å². The number of nitrogens with zero attached hydrogens (tertiary/aromatic N) is 2. The fraction of sp³-hybridized carbons (Fsp3) is 0.143. The van der Waals surface area contributed by atoms with E-state index >= 15 is 0 Å². The Balaban J connectivity index is 2.08. The molecule has 0 bridgehead atoms. The van der Waals surface area contributed by atoms with E-state index in [0.717, 1.165) is 46.1 Å². The van der Waals surface area contributed by atoms with E-state index in [4.69, 9.17) is 10.2 Å². The normalized spacial score (nSPS) is 14.2. The highest BCUT2D eigenvalue weighted by atomic mass is 19.1. The SMILES string of the molecule is N#C/C=C/c1c(C2CC2)nc2ccccc2c1-c1ccc(F)cc1. The Morgan fingerprint density at radius 3 is 2.54 bits per heavy atom. The number of aromatic nitrogens is 1. The summed E-state index contributed by atoms with van der Waals surface area (Å²) >= 11 is 0. The third-order valence-corrected chi connectivity index (χ3v) is 4.38. The second-order valence-electron chi connectivity index (χ2n) is 6.05. The maximum Gasteiger partial charge on any atom is 0.123 e. The number of benzene rings is 2. The van der Waals surface area contributed by atoms with Gasteiger partial charge in [0.25, 0.3) is 0 Å². The lowest BCUT2D eigenvalue weighted by molar-refractivity contribution is 0.628. The molecule has 0 spiro atoms. The van der Waals surface area contributed by atoms with E-state index in [9.17, 15) is 4.39 Å². The van der Waals surface area contributed by atoms with Crippen LogP contribution in [0.3, 0.4) is 0 Å². The Morgan fingerprint density at radius 2 is 1.83 bits per heavy atom. The highest BCUT2D eigenvalue weighted by Gasteiger charge is 2.29. The van der Waals surface area contributed by atoms with Crippen molar-refractivity contribution in [3.8, 4) is 17.2 Å². The second kappa shape index (κ2) is 5.90. The molecule has 1 aliphatic carbocycles. The van der Waals surface area contributed by atoms with Gasteiger partial charge in [-0.15, -0.1) is 0 Å². The van der Waals surface area contributed by atoms with Gasteiger partial charge in [-0.25, -0.2) is 4.39 Å². The van der Waals surface area contributed by atoms with Gasteiger partial charge in [0.2, 0.25) is 0 Å². The summed E-state index contributed by atoms with van der Waals surface area (Å²) in [5.74, 6) is 0.195. The molecule has 3 aromatic rings. The van der Waals surface area contributed by atoms with Crippen LogP contribution in [-0.4, -0.2) is 4.98 Å². The van der Waals surface area contributed by atoms with Crippen LogP contribution in [0.25, 0.3) is 28.1 Å². The van der Waals surface area contributed by atoms with Crippen molar-refractivity contribution < 1.29 is 4.39 Å². The van der Waals surface area contributed by atoms with Gasteiger partial charge >= 0.3 is 0 Å². The Hall–Kier alpha value is -2.99. The van der Waals surface area contributed by atoms with Crippen LogP contribution in [0.4, 0.5) is 4.39 Å². The van der Waals surface area contributed by atoms with Crippen molar-refractivity contribution in [3.05, 3.63) is 71.7 Å². The third-order valence-electron chi connectivity index (χ3n) is 4.38. The van der Waals surface area contributed by atoms with E-state index in [-0.39, 0.29) is 5.82 Å². The van der Waals surface area contributed by atoms with E-state index in [1.807, 2.05) is 30.3 Å². The Labute approximate surface area is 139 Å². The molecule has 24 heavy (non-hydrogen) atoms. The summed E-state index contributed by atoms with van der Waals surface area (Å²) < 4.78 is 13.4. The van der Waals surface area contributed by atoms with Gasteiger partial charge in [-0.1, -0.05) is 30.3 Å². The topological polar surface area (TPSA) is 36.7 Å². The van der Waals surface area contributed by atoms with Crippen LogP contribution in [-0.2, 0) is 0 Å². The highest BCUT2D eigenvalue weighted by Crippen LogP contribution is 2.45. The zero-order valence-electron chi connectivity index (χ0n) is 13.0. The molecule has 0 radical (unpaired) electrons. The molecular formula is C21H15FN2. The van der Waals surface area contributed by atoms with Crippen molar-refractivity contribution in [2.45, 2.75) is 18.8 Å². The predicted octanol–water partition coefficient (Wildman–Crippen LogP) is 5.46. The Bertz CT molecular complexity index is 977. The molecule has 2 nitrogen and oxygen atoms in total. The van der Waals surface area contributed by atoms with Gasteiger partial charge in [-0.05, 0) is 42.7 Å². The minimum Gasteiger partial charge on any atom is -0.252 e. The largest absolute Gasteiger partial charge is 0.252 e. The summed E-state index contributed by atoms with van der Waals surface area (Å²) in [6, 6.07) is 16.6. The first-order valence-corrected chi connectivity index (χ1v) is 8.02. The number of para-hydroxylation sites is 1. The Kier molecular flexibility index (Phi) is 3.59. The number of rotatable bonds is 3. The predicted molar refractivity (Wildman–Crippen MR) is 93.8 cm³/mol. The number of hydrogen-bond donors (Lipinski definition) is 0. The molecule has 0 aliphatic heterocycles. The van der Waals surface area contributed by atoms with Crippen LogP contribution in [0, 0.1) is 17.1 Å². The molecule has 2 aromatic carbocycles. The summed E-state index contributed by atoms with van der Waals surface area (Å²) in [7, 11) is 0. The molecule has 1 saturated carbocycles. The maximum atomic E-state index is 13.4. The van der Waals surface area contributed by atoms with E-state index in [0.29, 0.717) is 5.92 Å². The summed E-state index contributed by atoms with van der Waals surface area (Å²) in [6.07, 6.45) is 5.58. The molecule has 1 heterocycles. The summed E-state index contributed by atoms with van der Waals surface area (Å²) in [4.78, 5) is 4.86. The number of halogens is 1. The summed E-state index contributed by atoms with van der Waals surface area (Å²) in [5.41, 5.74) is 4.92. The smallest absolute Gasteiger partial charge is 0.123 e. The number of nitriles is 1. The summed E-state index contributed by atoms with van der Waals surface area (Å²) in [5, 5.41) is 10.00. The van der Waals surface area contributed by atoms with Gasteiger partial charge in [-0.3, -0.25) is 4.98 Å². The van der Waals surface area contributed by atoms with Crippen LogP contribution in [0.2, 0.25) is 0 Å². The quantitative estimate of drug-likeness (QED) is 0.602. The monoisotopic (exact) mass is 314 g/mol. The lowest BCUT2D eigenvalue weighted by atomic mass is 9.92. The van der Waals surface area contributed by atoms with Gasteiger partial charge in [0, 0.05) is 28.5 Å². The molecule has 4 rings (SSSR count). The van der Waals surface area contributed by atoms with Crippen LogP contribution >= 0.6 is 0 Å². The first kappa shape index (κ1) is 14.6. The van der Waals surface area contributed by atoms with E-state index in [1.165, 1.54) is 18.2 Å². The van der Waals surface area contributed by atoms with E-state index < -0.39 is 0 Å². The van der Waals surface area contributed by atoms with Gasteiger partial charge in [0.15, 0.2) is 0 Å². The number of hydrogen-bond acceptors (Lipinski definition) is 2. The maximum absolute atomic E-state index is 13.4. The first-order chi connectivity index (χ1) is 11.8. The van der Waals surface area contributed by atoms with Gasteiger partial charge in [-0.2, -0.15) is 5.26 Å². The van der Waals surface area contributed by atoms with Gasteiger partial charge in [0.05, 0.1) is 17.3 Å². The summed E-state index contributed by atoms with van der Waals surface area (Å²) in [6.45, 7) is 0. The third kappa shape index (κ3) is 2.57. The number of allylic oxidation sites excluding steroid dienone is 1. The number of pyridine rings is 1. The minimum absolute atomic E-state index is 0.256. The molecule has 0 saturated heterocycles. The lowest BCUT2D eigenvalue weighted by Crippen LogP contribution is -1.98. The van der Waals surface area contributed by atoms with Crippen molar-refractivity contribution in [1.82, 2.24) is 4.98 Å². The fourth-order valence-corrected chi connectivity index (χ4v) is 3.13. The molecule has 0 atom stereocenters. The molecule has 0 unspecified atom stereocenters. The van der Waals surface area contributed by atoms with Crippen LogP contribution in [0.15, 0.2) is 54.6 Å². The van der Waals surface area contributed by atoms with Crippen LogP contribution in [0.5, 0.6) is 0 Å². The number of fused-ring (bicyclic) bond motifs is 1. The average Bonchev–Trinajstić information content (AvgIpc) is 3.44. The van der Waals surface area contributed by atoms with E-state index in [1.54, 1.807) is 12.1 Å². The standard InChI is InChI=1S/C21H15FN2/c22-16-11-9-14(10-12-16)20-17-4-1-2-6-19(17)24-21(15-7-8-15)18(20)5-3-13-23/h1-6,9-12,15H,7-8H2/b5-3+. The van der Waals surface area contributed by atoms with Crippen molar-refractivity contribution in [3.63, 3.8) is 0 Å². The molecular weight excluding hydrogens is 299 g/mol. The van der Waals surface area contributed by atoms with Crippen molar-refractivity contribution in [1.29, 1.82) is 5.26 Å². The average molecular weight is 314 g/mol. The fourth-order valence-electron chi connectivity index (χ4n) is 3.13. The molecule has 116 valence electrons.